The van der Waals surface area contributed by atoms with E-state index in [9.17, 15) is 9.59 Å². The predicted molar refractivity (Wildman–Crippen MR) is 110 cm³/mol. The smallest absolute Gasteiger partial charge is 0.254 e. The van der Waals surface area contributed by atoms with E-state index >= 15 is 0 Å². The summed E-state index contributed by atoms with van der Waals surface area (Å²) >= 11 is 0. The molecule has 0 aromatic heterocycles. The number of nitrogens with one attached hydrogen (secondary N) is 1. The molecule has 4 rings (SSSR count). The third-order valence-corrected chi connectivity index (χ3v) is 5.61. The number of anilines is 1. The molecule has 2 aromatic rings. The molecule has 1 saturated heterocycles. The van der Waals surface area contributed by atoms with E-state index in [-0.39, 0.29) is 11.8 Å². The quantitative estimate of drug-likeness (QED) is 0.836. The van der Waals surface area contributed by atoms with Crippen molar-refractivity contribution in [1.82, 2.24) is 10.2 Å². The van der Waals surface area contributed by atoms with Crippen LogP contribution in [-0.4, -0.2) is 35.8 Å². The van der Waals surface area contributed by atoms with Crippen molar-refractivity contribution in [3.05, 3.63) is 77.9 Å². The van der Waals surface area contributed by atoms with Crippen molar-refractivity contribution in [3.8, 4) is 0 Å². The topological polar surface area (TPSA) is 52.7 Å². The maximum absolute atomic E-state index is 13.2. The van der Waals surface area contributed by atoms with Gasteiger partial charge in [-0.2, -0.15) is 0 Å². The molecule has 28 heavy (non-hydrogen) atoms. The van der Waals surface area contributed by atoms with E-state index in [1.807, 2.05) is 35.2 Å². The first-order valence-electron chi connectivity index (χ1n) is 9.79. The minimum Gasteiger partial charge on any atom is -0.366 e. The first-order valence-corrected chi connectivity index (χ1v) is 9.79. The fraction of sp³-hybridized carbons (Fsp3) is 0.304. The van der Waals surface area contributed by atoms with Gasteiger partial charge in [-0.1, -0.05) is 36.9 Å². The summed E-state index contributed by atoms with van der Waals surface area (Å²) in [6.45, 7) is 6.32. The summed E-state index contributed by atoms with van der Waals surface area (Å²) in [7, 11) is 0. The van der Waals surface area contributed by atoms with Gasteiger partial charge in [-0.15, -0.1) is 0 Å². The molecule has 0 bridgehead atoms. The van der Waals surface area contributed by atoms with Gasteiger partial charge in [0.05, 0.1) is 0 Å². The number of benzene rings is 2. The number of hydrogen-bond donors (Lipinski definition) is 1. The molecule has 2 aliphatic rings. The van der Waals surface area contributed by atoms with Crippen LogP contribution in [0.5, 0.6) is 0 Å². The van der Waals surface area contributed by atoms with E-state index < -0.39 is 0 Å². The van der Waals surface area contributed by atoms with Gasteiger partial charge in [0.2, 0.25) is 5.91 Å². The largest absolute Gasteiger partial charge is 0.366 e. The summed E-state index contributed by atoms with van der Waals surface area (Å²) in [6, 6.07) is 16.3. The molecule has 2 amide bonds. The van der Waals surface area contributed by atoms with Crippen molar-refractivity contribution < 1.29 is 9.59 Å². The second kappa shape index (κ2) is 7.89. The molecule has 2 aliphatic heterocycles. The molecule has 0 radical (unpaired) electrons. The summed E-state index contributed by atoms with van der Waals surface area (Å²) < 4.78 is 0. The second-order valence-corrected chi connectivity index (χ2v) is 7.42. The number of fused-ring (bicyclic) bond motifs is 3. The van der Waals surface area contributed by atoms with Crippen LogP contribution in [0.4, 0.5) is 5.69 Å². The van der Waals surface area contributed by atoms with Crippen LogP contribution in [0, 0.1) is 0 Å². The van der Waals surface area contributed by atoms with Crippen LogP contribution < -0.4 is 10.2 Å². The number of carbonyl (C=O) groups excluding carboxylic acids is 2. The van der Waals surface area contributed by atoms with Crippen molar-refractivity contribution in [2.75, 3.05) is 18.0 Å². The van der Waals surface area contributed by atoms with Crippen molar-refractivity contribution in [2.45, 2.75) is 32.0 Å². The van der Waals surface area contributed by atoms with E-state index in [2.05, 4.69) is 35.0 Å². The third kappa shape index (κ3) is 3.65. The molecule has 5 nitrogen and oxygen atoms in total. The van der Waals surface area contributed by atoms with E-state index in [1.165, 1.54) is 23.7 Å². The first kappa shape index (κ1) is 18.3. The van der Waals surface area contributed by atoms with Crippen LogP contribution >= 0.6 is 0 Å². The normalized spacial score (nSPS) is 18.1. The number of rotatable bonds is 4. The van der Waals surface area contributed by atoms with Crippen molar-refractivity contribution >= 4 is 17.5 Å². The molecule has 2 aromatic carbocycles. The van der Waals surface area contributed by atoms with Gasteiger partial charge in [0, 0.05) is 43.5 Å². The van der Waals surface area contributed by atoms with Crippen LogP contribution in [0.2, 0.25) is 0 Å². The Hall–Kier alpha value is -3.08. The standard InChI is InChI=1S/C23H25N3O2/c1-2-22(27)24-14-17-9-11-18(12-10-17)23(28)25-15-19-6-3-4-8-21(19)26-13-5-7-20(26)16-25/h2-4,6,8-12,20H,1,5,7,13-16H2,(H,24,27)/t20-/m1/s1. The highest BCUT2D eigenvalue weighted by molar-refractivity contribution is 5.94. The van der Waals surface area contributed by atoms with Crippen LogP contribution in [-0.2, 0) is 17.9 Å². The second-order valence-electron chi connectivity index (χ2n) is 7.42. The van der Waals surface area contributed by atoms with Gasteiger partial charge in [0.15, 0.2) is 0 Å². The fourth-order valence-electron chi connectivity index (χ4n) is 4.16. The lowest BCUT2D eigenvalue weighted by Gasteiger charge is -2.27. The maximum Gasteiger partial charge on any atom is 0.254 e. The molecule has 1 N–H and O–H groups in total. The molecule has 0 aliphatic carbocycles. The zero-order chi connectivity index (χ0) is 19.5. The van der Waals surface area contributed by atoms with Crippen LogP contribution in [0.1, 0.15) is 34.3 Å². The Morgan fingerprint density at radius 1 is 1.14 bits per heavy atom. The van der Waals surface area contributed by atoms with Gasteiger partial charge in [0.25, 0.3) is 5.91 Å². The van der Waals surface area contributed by atoms with Gasteiger partial charge in [-0.3, -0.25) is 9.59 Å². The molecular formula is C23H25N3O2. The number of para-hydroxylation sites is 1. The molecule has 144 valence electrons. The number of carbonyl (C=O) groups is 2. The Balaban J connectivity index is 1.51. The molecule has 1 atom stereocenters. The van der Waals surface area contributed by atoms with E-state index in [0.29, 0.717) is 24.7 Å². The van der Waals surface area contributed by atoms with Crippen molar-refractivity contribution in [2.24, 2.45) is 0 Å². The van der Waals surface area contributed by atoms with Crippen LogP contribution in [0.15, 0.2) is 61.2 Å². The van der Waals surface area contributed by atoms with Gasteiger partial charge < -0.3 is 15.1 Å². The van der Waals surface area contributed by atoms with Gasteiger partial charge >= 0.3 is 0 Å². The summed E-state index contributed by atoms with van der Waals surface area (Å²) in [5, 5.41) is 2.75. The molecule has 5 heteroatoms. The monoisotopic (exact) mass is 375 g/mol. The van der Waals surface area contributed by atoms with Gasteiger partial charge in [0.1, 0.15) is 0 Å². The van der Waals surface area contributed by atoms with Crippen LogP contribution in [0.25, 0.3) is 0 Å². The Labute approximate surface area is 165 Å². The summed E-state index contributed by atoms with van der Waals surface area (Å²) in [6.07, 6.45) is 3.55. The predicted octanol–water partition coefficient (Wildman–Crippen LogP) is 3.11. The highest BCUT2D eigenvalue weighted by atomic mass is 16.2. The Bertz CT molecular complexity index is 891. The first-order chi connectivity index (χ1) is 13.7. The van der Waals surface area contributed by atoms with Gasteiger partial charge in [-0.05, 0) is 48.2 Å². The average Bonchev–Trinajstić information content (AvgIpc) is 3.13. The molecule has 0 unspecified atom stereocenters. The lowest BCUT2D eigenvalue weighted by Crippen LogP contribution is -2.40. The zero-order valence-corrected chi connectivity index (χ0v) is 15.9. The summed E-state index contributed by atoms with van der Waals surface area (Å²) in [5.41, 5.74) is 4.12. The molecule has 1 fully saturated rings. The number of nitrogens with zero attached hydrogens (tertiary/aromatic N) is 2. The molecule has 0 spiro atoms. The van der Waals surface area contributed by atoms with E-state index in [1.54, 1.807) is 0 Å². The lowest BCUT2D eigenvalue weighted by molar-refractivity contribution is -0.116. The minimum absolute atomic E-state index is 0.0604. The van der Waals surface area contributed by atoms with E-state index in [0.717, 1.165) is 25.1 Å². The van der Waals surface area contributed by atoms with Crippen molar-refractivity contribution in [3.63, 3.8) is 0 Å². The fourth-order valence-corrected chi connectivity index (χ4v) is 4.16. The molecular weight excluding hydrogens is 350 g/mol. The number of amides is 2. The average molecular weight is 375 g/mol. The highest BCUT2D eigenvalue weighted by Gasteiger charge is 2.33. The zero-order valence-electron chi connectivity index (χ0n) is 15.9. The Kier molecular flexibility index (Phi) is 5.15. The summed E-state index contributed by atoms with van der Waals surface area (Å²) in [5.74, 6) is -0.144. The third-order valence-electron chi connectivity index (χ3n) is 5.61. The maximum atomic E-state index is 13.2. The molecule has 2 heterocycles. The number of hydrogen-bond acceptors (Lipinski definition) is 3. The minimum atomic E-state index is -0.204. The van der Waals surface area contributed by atoms with Crippen LogP contribution in [0.3, 0.4) is 0 Å². The highest BCUT2D eigenvalue weighted by Crippen LogP contribution is 2.33. The van der Waals surface area contributed by atoms with E-state index in [4.69, 9.17) is 0 Å². The Morgan fingerprint density at radius 3 is 2.71 bits per heavy atom. The lowest BCUT2D eigenvalue weighted by atomic mass is 10.1. The Morgan fingerprint density at radius 2 is 1.93 bits per heavy atom. The molecule has 0 saturated carbocycles. The SMILES string of the molecule is C=CC(=O)NCc1ccc(C(=O)N2Cc3ccccc3N3CCC[C@@H]3C2)cc1. The van der Waals surface area contributed by atoms with Crippen molar-refractivity contribution in [1.29, 1.82) is 0 Å². The van der Waals surface area contributed by atoms with Gasteiger partial charge in [-0.25, -0.2) is 0 Å². The summed E-state index contributed by atoms with van der Waals surface area (Å²) in [4.78, 5) is 28.9.